The average molecular weight is 339 g/mol. The van der Waals surface area contributed by atoms with Gasteiger partial charge in [-0.15, -0.1) is 0 Å². The minimum Gasteiger partial charge on any atom is -0.384 e. The van der Waals surface area contributed by atoms with Gasteiger partial charge in [0, 0.05) is 28.8 Å². The molecule has 0 radical (unpaired) electrons. The summed E-state index contributed by atoms with van der Waals surface area (Å²) in [7, 11) is 0. The average Bonchev–Trinajstić information content (AvgIpc) is 2.21. The van der Waals surface area contributed by atoms with Crippen LogP contribution in [0.25, 0.3) is 0 Å². The Kier molecular flexibility index (Phi) is 5.26. The Balaban J connectivity index is 2.62. The van der Waals surface area contributed by atoms with Crippen molar-refractivity contribution < 1.29 is 13.2 Å². The molecule has 2 nitrogen and oxygen atoms in total. The van der Waals surface area contributed by atoms with Crippen LogP contribution in [0.4, 0.5) is 18.9 Å². The van der Waals surface area contributed by atoms with Crippen LogP contribution < -0.4 is 10.6 Å². The lowest BCUT2D eigenvalue weighted by Gasteiger charge is -2.21. The Bertz CT molecular complexity index is 425. The number of halogens is 4. The molecule has 0 aromatic heterocycles. The number of anilines is 1. The van der Waals surface area contributed by atoms with Crippen molar-refractivity contribution in [2.75, 3.05) is 18.4 Å². The van der Waals surface area contributed by atoms with Crippen LogP contribution in [0.5, 0.6) is 0 Å². The van der Waals surface area contributed by atoms with Gasteiger partial charge in [0.25, 0.3) is 0 Å². The smallest absolute Gasteiger partial charge is 0.384 e. The Labute approximate surface area is 119 Å². The van der Waals surface area contributed by atoms with Gasteiger partial charge in [0.1, 0.15) is 0 Å². The summed E-state index contributed by atoms with van der Waals surface area (Å²) in [6, 6.07) is 3.81. The van der Waals surface area contributed by atoms with E-state index in [1.165, 1.54) is 0 Å². The number of hydrogen-bond acceptors (Lipinski definition) is 2. The first-order chi connectivity index (χ1) is 8.58. The van der Waals surface area contributed by atoms with Gasteiger partial charge in [0.15, 0.2) is 0 Å². The van der Waals surface area contributed by atoms with Crippen molar-refractivity contribution in [3.8, 4) is 0 Å². The van der Waals surface area contributed by atoms with Gasteiger partial charge >= 0.3 is 6.18 Å². The molecule has 1 aromatic carbocycles. The van der Waals surface area contributed by atoms with Crippen molar-refractivity contribution in [1.29, 1.82) is 0 Å². The molecule has 0 amide bonds. The highest BCUT2D eigenvalue weighted by Gasteiger charge is 2.31. The van der Waals surface area contributed by atoms with Crippen LogP contribution in [-0.4, -0.2) is 18.6 Å². The quantitative estimate of drug-likeness (QED) is 0.801. The van der Waals surface area contributed by atoms with Crippen LogP contribution in [0.2, 0.25) is 0 Å². The Hall–Kier alpha value is -0.750. The predicted octanol–water partition coefficient (Wildman–Crippen LogP) is 4.27. The van der Waals surface area contributed by atoms with E-state index in [0.29, 0.717) is 23.2 Å². The maximum atomic E-state index is 12.6. The molecule has 0 spiro atoms. The highest BCUT2D eigenvalue weighted by atomic mass is 79.9. The molecule has 108 valence electrons. The maximum absolute atomic E-state index is 12.6. The lowest BCUT2D eigenvalue weighted by Crippen LogP contribution is -2.38. The third kappa shape index (κ3) is 6.29. The van der Waals surface area contributed by atoms with Crippen LogP contribution in [0.15, 0.2) is 22.7 Å². The zero-order valence-electron chi connectivity index (χ0n) is 11.2. The lowest BCUT2D eigenvalue weighted by molar-refractivity contribution is -0.137. The van der Waals surface area contributed by atoms with Gasteiger partial charge in [-0.3, -0.25) is 0 Å². The molecule has 0 heterocycles. The van der Waals surface area contributed by atoms with E-state index in [1.54, 1.807) is 6.07 Å². The number of hydrogen-bond donors (Lipinski definition) is 2. The first-order valence-electron chi connectivity index (χ1n) is 5.95. The molecule has 0 atom stereocenters. The zero-order valence-corrected chi connectivity index (χ0v) is 12.7. The molecule has 1 rings (SSSR count). The van der Waals surface area contributed by atoms with Crippen molar-refractivity contribution in [3.05, 3.63) is 28.2 Å². The summed E-state index contributed by atoms with van der Waals surface area (Å²) in [5.74, 6) is 0. The molecule has 6 heteroatoms. The summed E-state index contributed by atoms with van der Waals surface area (Å²) < 4.78 is 38.3. The van der Waals surface area contributed by atoms with Crippen LogP contribution in [0.1, 0.15) is 26.3 Å². The van der Waals surface area contributed by atoms with E-state index in [4.69, 9.17) is 0 Å². The molecule has 0 saturated carbocycles. The fraction of sp³-hybridized carbons (Fsp3) is 0.538. The lowest BCUT2D eigenvalue weighted by atomic mass is 10.1. The van der Waals surface area contributed by atoms with E-state index in [1.807, 2.05) is 20.8 Å². The summed E-state index contributed by atoms with van der Waals surface area (Å²) in [5, 5.41) is 6.23. The van der Waals surface area contributed by atoms with Gasteiger partial charge < -0.3 is 10.6 Å². The summed E-state index contributed by atoms with van der Waals surface area (Å²) in [6.07, 6.45) is -4.33. The minimum atomic E-state index is -4.33. The normalized spacial score (nSPS) is 12.6. The minimum absolute atomic E-state index is 0.00389. The SMILES string of the molecule is CC(C)(C)NCCNc1cc(Br)cc(C(F)(F)F)c1. The van der Waals surface area contributed by atoms with E-state index in [2.05, 4.69) is 26.6 Å². The Morgan fingerprint density at radius 3 is 2.21 bits per heavy atom. The molecule has 0 fully saturated rings. The Morgan fingerprint density at radius 2 is 1.68 bits per heavy atom. The number of alkyl halides is 3. The first-order valence-corrected chi connectivity index (χ1v) is 6.74. The van der Waals surface area contributed by atoms with E-state index in [-0.39, 0.29) is 5.54 Å². The Morgan fingerprint density at radius 1 is 1.05 bits per heavy atom. The second-order valence-electron chi connectivity index (χ2n) is 5.33. The monoisotopic (exact) mass is 338 g/mol. The highest BCUT2D eigenvalue weighted by Crippen LogP contribution is 2.33. The van der Waals surface area contributed by atoms with Crippen LogP contribution >= 0.6 is 15.9 Å². The topological polar surface area (TPSA) is 24.1 Å². The maximum Gasteiger partial charge on any atom is 0.416 e. The van der Waals surface area contributed by atoms with Crippen LogP contribution in [0.3, 0.4) is 0 Å². The first kappa shape index (κ1) is 16.3. The van der Waals surface area contributed by atoms with Crippen molar-refractivity contribution >= 4 is 21.6 Å². The molecule has 19 heavy (non-hydrogen) atoms. The van der Waals surface area contributed by atoms with Crippen molar-refractivity contribution in [2.45, 2.75) is 32.5 Å². The van der Waals surface area contributed by atoms with Crippen molar-refractivity contribution in [2.24, 2.45) is 0 Å². The van der Waals surface area contributed by atoms with Gasteiger partial charge in [-0.05, 0) is 39.0 Å². The van der Waals surface area contributed by atoms with Crippen LogP contribution in [-0.2, 0) is 6.18 Å². The summed E-state index contributed by atoms with van der Waals surface area (Å²) >= 11 is 3.09. The highest BCUT2D eigenvalue weighted by molar-refractivity contribution is 9.10. The molecule has 2 N–H and O–H groups in total. The summed E-state index contributed by atoms with van der Waals surface area (Å²) in [6.45, 7) is 7.35. The van der Waals surface area contributed by atoms with E-state index in [9.17, 15) is 13.2 Å². The summed E-state index contributed by atoms with van der Waals surface area (Å²) in [4.78, 5) is 0. The third-order valence-corrected chi connectivity index (χ3v) is 2.79. The second-order valence-corrected chi connectivity index (χ2v) is 6.25. The number of nitrogens with one attached hydrogen (secondary N) is 2. The summed E-state index contributed by atoms with van der Waals surface area (Å²) in [5.41, 5.74) is -0.207. The third-order valence-electron chi connectivity index (χ3n) is 2.33. The van der Waals surface area contributed by atoms with Crippen molar-refractivity contribution in [1.82, 2.24) is 5.32 Å². The molecule has 0 aliphatic carbocycles. The molecule has 0 aliphatic rings. The molecular weight excluding hydrogens is 321 g/mol. The van der Waals surface area contributed by atoms with Gasteiger partial charge in [0.2, 0.25) is 0 Å². The van der Waals surface area contributed by atoms with Gasteiger partial charge in [-0.2, -0.15) is 13.2 Å². The zero-order chi connectivity index (χ0) is 14.7. The van der Waals surface area contributed by atoms with Crippen LogP contribution in [0, 0.1) is 0 Å². The molecule has 0 bridgehead atoms. The van der Waals surface area contributed by atoms with E-state index >= 15 is 0 Å². The fourth-order valence-corrected chi connectivity index (χ4v) is 1.99. The molecule has 0 unspecified atom stereocenters. The van der Waals surface area contributed by atoms with E-state index < -0.39 is 11.7 Å². The van der Waals surface area contributed by atoms with Crippen molar-refractivity contribution in [3.63, 3.8) is 0 Å². The second kappa shape index (κ2) is 6.13. The fourth-order valence-electron chi connectivity index (χ4n) is 1.50. The van der Waals surface area contributed by atoms with E-state index in [0.717, 1.165) is 12.1 Å². The van der Waals surface area contributed by atoms with Gasteiger partial charge in [-0.25, -0.2) is 0 Å². The van der Waals surface area contributed by atoms with Gasteiger partial charge in [0.05, 0.1) is 5.56 Å². The molecule has 0 saturated heterocycles. The largest absolute Gasteiger partial charge is 0.416 e. The number of benzene rings is 1. The molecule has 1 aromatic rings. The standard InChI is InChI=1S/C13H18BrF3N2/c1-12(2,3)19-5-4-18-11-7-9(13(15,16)17)6-10(14)8-11/h6-8,18-19H,4-5H2,1-3H3. The van der Waals surface area contributed by atoms with Gasteiger partial charge in [-0.1, -0.05) is 15.9 Å². The molecule has 0 aliphatic heterocycles. The predicted molar refractivity (Wildman–Crippen MR) is 75.4 cm³/mol. The number of rotatable bonds is 4. The molecular formula is C13H18BrF3N2.